The minimum Gasteiger partial charge on any atom is -0.242 e. The Hall–Kier alpha value is -1.62. The third-order valence-corrected chi connectivity index (χ3v) is 5.50. The lowest BCUT2D eigenvalue weighted by atomic mass is 10.2. The van der Waals surface area contributed by atoms with Crippen LogP contribution in [-0.2, 0) is 9.84 Å². The summed E-state index contributed by atoms with van der Waals surface area (Å²) in [6.45, 7) is 0. The van der Waals surface area contributed by atoms with E-state index in [4.69, 9.17) is 23.2 Å². The van der Waals surface area contributed by atoms with Crippen LogP contribution in [0.1, 0.15) is 0 Å². The predicted molar refractivity (Wildman–Crippen MR) is 83.7 cm³/mol. The van der Waals surface area contributed by atoms with Crippen LogP contribution in [0.3, 0.4) is 0 Å². The van der Waals surface area contributed by atoms with Crippen molar-refractivity contribution in [3.05, 3.63) is 64.9 Å². The van der Waals surface area contributed by atoms with E-state index in [0.29, 0.717) is 15.8 Å². The van der Waals surface area contributed by atoms with Crippen LogP contribution in [0, 0.1) is 0 Å². The van der Waals surface area contributed by atoms with E-state index < -0.39 is 9.84 Å². The van der Waals surface area contributed by atoms with E-state index in [1.54, 1.807) is 36.4 Å². The van der Waals surface area contributed by atoms with Gasteiger partial charge in [0.05, 0.1) is 14.8 Å². The minimum absolute atomic E-state index is 0.159. The van der Waals surface area contributed by atoms with Gasteiger partial charge in [0.2, 0.25) is 9.84 Å². The number of aromatic nitrogens is 1. The van der Waals surface area contributed by atoms with E-state index in [0.717, 1.165) is 0 Å². The first kappa shape index (κ1) is 14.3. The first-order chi connectivity index (χ1) is 10.00. The van der Waals surface area contributed by atoms with Crippen LogP contribution >= 0.6 is 23.2 Å². The van der Waals surface area contributed by atoms with Gasteiger partial charge in [-0.25, -0.2) is 13.4 Å². The number of fused-ring (bicyclic) bond motifs is 1. The maximum Gasteiger partial charge on any atom is 0.206 e. The molecule has 2 aromatic carbocycles. The van der Waals surface area contributed by atoms with Crippen molar-refractivity contribution in [2.75, 3.05) is 0 Å². The smallest absolute Gasteiger partial charge is 0.206 e. The molecule has 0 atom stereocenters. The zero-order chi connectivity index (χ0) is 15.0. The highest BCUT2D eigenvalue weighted by atomic mass is 35.5. The number of nitrogens with zero attached hydrogens (tertiary/aromatic N) is 1. The molecule has 1 heterocycles. The van der Waals surface area contributed by atoms with Crippen LogP contribution in [0.4, 0.5) is 0 Å². The molecule has 0 fully saturated rings. The van der Waals surface area contributed by atoms with Gasteiger partial charge in [0, 0.05) is 17.0 Å². The number of benzene rings is 2. The lowest BCUT2D eigenvalue weighted by Crippen LogP contribution is -2.01. The molecule has 0 aliphatic carbocycles. The van der Waals surface area contributed by atoms with E-state index >= 15 is 0 Å². The van der Waals surface area contributed by atoms with Gasteiger partial charge < -0.3 is 0 Å². The van der Waals surface area contributed by atoms with Gasteiger partial charge in [-0.15, -0.1) is 0 Å². The molecule has 0 radical (unpaired) electrons. The van der Waals surface area contributed by atoms with Crippen LogP contribution in [0.2, 0.25) is 10.2 Å². The van der Waals surface area contributed by atoms with Crippen molar-refractivity contribution < 1.29 is 8.42 Å². The molecule has 1 aromatic heterocycles. The van der Waals surface area contributed by atoms with Crippen molar-refractivity contribution in [3.8, 4) is 0 Å². The highest BCUT2D eigenvalue weighted by Gasteiger charge is 2.18. The average Bonchev–Trinajstić information content (AvgIpc) is 2.51. The summed E-state index contributed by atoms with van der Waals surface area (Å²) in [5, 5.41) is 1.84. The fraction of sp³-hybridized carbons (Fsp3) is 0. The Balaban J connectivity index is 2.25. The van der Waals surface area contributed by atoms with Crippen molar-refractivity contribution >= 4 is 43.8 Å². The predicted octanol–water partition coefficient (Wildman–Crippen LogP) is 4.37. The average molecular weight is 338 g/mol. The summed E-state index contributed by atoms with van der Waals surface area (Å²) in [5.74, 6) is 0. The first-order valence-corrected chi connectivity index (χ1v) is 8.28. The molecule has 0 unspecified atom stereocenters. The van der Waals surface area contributed by atoms with Crippen molar-refractivity contribution in [2.24, 2.45) is 0 Å². The first-order valence-electron chi connectivity index (χ1n) is 6.04. The van der Waals surface area contributed by atoms with Crippen LogP contribution in [-0.4, -0.2) is 13.4 Å². The SMILES string of the molecule is O=S(=O)(c1ccccc1)c1ccc2c(Cl)cnc(Cl)c2c1. The maximum atomic E-state index is 12.6. The standard InChI is InChI=1S/C15H9Cl2NO2S/c16-14-9-18-15(17)13-8-11(6-7-12(13)14)21(19,20)10-4-2-1-3-5-10/h1-9H. The Bertz CT molecular complexity index is 925. The Morgan fingerprint density at radius 3 is 2.29 bits per heavy atom. The molecule has 0 saturated heterocycles. The zero-order valence-corrected chi connectivity index (χ0v) is 13.0. The van der Waals surface area contributed by atoms with E-state index in [1.807, 2.05) is 0 Å². The molecule has 0 aliphatic rings. The second-order valence-electron chi connectivity index (χ2n) is 4.42. The van der Waals surface area contributed by atoms with Gasteiger partial charge in [0.15, 0.2) is 0 Å². The lowest BCUT2D eigenvalue weighted by Gasteiger charge is -2.07. The van der Waals surface area contributed by atoms with Crippen LogP contribution in [0.15, 0.2) is 64.5 Å². The number of sulfone groups is 1. The van der Waals surface area contributed by atoms with Crippen molar-refractivity contribution in [1.29, 1.82) is 0 Å². The molecule has 0 amide bonds. The molecule has 3 rings (SSSR count). The Morgan fingerprint density at radius 1 is 0.857 bits per heavy atom. The van der Waals surface area contributed by atoms with E-state index in [1.165, 1.54) is 18.3 Å². The largest absolute Gasteiger partial charge is 0.242 e. The molecule has 3 aromatic rings. The minimum atomic E-state index is -3.59. The molecule has 0 bridgehead atoms. The van der Waals surface area contributed by atoms with Gasteiger partial charge in [-0.3, -0.25) is 0 Å². The third kappa shape index (κ3) is 2.50. The quantitative estimate of drug-likeness (QED) is 0.652. The number of halogens is 2. The third-order valence-electron chi connectivity index (χ3n) is 3.13. The van der Waals surface area contributed by atoms with Crippen LogP contribution in [0.25, 0.3) is 10.8 Å². The highest BCUT2D eigenvalue weighted by molar-refractivity contribution is 7.91. The molecule has 0 N–H and O–H groups in total. The molecule has 0 saturated carbocycles. The van der Waals surface area contributed by atoms with E-state index in [2.05, 4.69) is 4.98 Å². The number of hydrogen-bond acceptors (Lipinski definition) is 3. The normalized spacial score (nSPS) is 11.7. The lowest BCUT2D eigenvalue weighted by molar-refractivity contribution is 0.596. The molecular weight excluding hydrogens is 329 g/mol. The Morgan fingerprint density at radius 2 is 1.57 bits per heavy atom. The second-order valence-corrected chi connectivity index (χ2v) is 7.14. The monoisotopic (exact) mass is 337 g/mol. The fourth-order valence-electron chi connectivity index (χ4n) is 2.06. The summed E-state index contributed by atoms with van der Waals surface area (Å²) in [5.41, 5.74) is 0. The van der Waals surface area contributed by atoms with Crippen molar-refractivity contribution in [2.45, 2.75) is 9.79 Å². The molecular formula is C15H9Cl2NO2S. The summed E-state index contributed by atoms with van der Waals surface area (Å²) in [7, 11) is -3.59. The summed E-state index contributed by atoms with van der Waals surface area (Å²) in [6, 6.07) is 12.9. The second kappa shape index (κ2) is 5.30. The topological polar surface area (TPSA) is 47.0 Å². The summed E-state index contributed by atoms with van der Waals surface area (Å²) < 4.78 is 25.2. The van der Waals surface area contributed by atoms with Gasteiger partial charge in [-0.1, -0.05) is 47.5 Å². The molecule has 0 spiro atoms. The highest BCUT2D eigenvalue weighted by Crippen LogP contribution is 2.31. The van der Waals surface area contributed by atoms with Gasteiger partial charge in [0.1, 0.15) is 5.15 Å². The molecule has 21 heavy (non-hydrogen) atoms. The van der Waals surface area contributed by atoms with Crippen LogP contribution in [0.5, 0.6) is 0 Å². The molecule has 0 aliphatic heterocycles. The van der Waals surface area contributed by atoms with Crippen LogP contribution < -0.4 is 0 Å². The summed E-state index contributed by atoms with van der Waals surface area (Å²) in [6.07, 6.45) is 1.44. The van der Waals surface area contributed by atoms with Crippen molar-refractivity contribution in [3.63, 3.8) is 0 Å². The molecule has 106 valence electrons. The van der Waals surface area contributed by atoms with Gasteiger partial charge in [-0.2, -0.15) is 0 Å². The van der Waals surface area contributed by atoms with Gasteiger partial charge in [0.25, 0.3) is 0 Å². The van der Waals surface area contributed by atoms with E-state index in [9.17, 15) is 8.42 Å². The Kier molecular flexibility index (Phi) is 3.61. The molecule has 6 heteroatoms. The van der Waals surface area contributed by atoms with Gasteiger partial charge in [-0.05, 0) is 24.3 Å². The summed E-state index contributed by atoms with van der Waals surface area (Å²) >= 11 is 12.1. The fourth-order valence-corrected chi connectivity index (χ4v) is 3.78. The maximum absolute atomic E-state index is 12.6. The number of rotatable bonds is 2. The number of hydrogen-bond donors (Lipinski definition) is 0. The van der Waals surface area contributed by atoms with Gasteiger partial charge >= 0.3 is 0 Å². The van der Waals surface area contributed by atoms with Crippen molar-refractivity contribution in [1.82, 2.24) is 4.98 Å². The van der Waals surface area contributed by atoms with E-state index in [-0.39, 0.29) is 14.9 Å². The number of pyridine rings is 1. The summed E-state index contributed by atoms with van der Waals surface area (Å²) in [4.78, 5) is 4.33. The zero-order valence-electron chi connectivity index (χ0n) is 10.6. The Labute approximate surface area is 132 Å². The molecule has 3 nitrogen and oxygen atoms in total.